The molecule has 6 nitrogen and oxygen atoms in total. The molecular weight excluding hydrogens is 342 g/mol. The maximum absolute atomic E-state index is 12.6. The number of fused-ring (bicyclic) bond motifs is 1. The highest BCUT2D eigenvalue weighted by atomic mass is 32.1. The Bertz CT molecular complexity index is 762. The van der Waals surface area contributed by atoms with Gasteiger partial charge in [0.2, 0.25) is 0 Å². The molecule has 0 radical (unpaired) electrons. The molecule has 0 fully saturated rings. The van der Waals surface area contributed by atoms with Gasteiger partial charge in [-0.05, 0) is 57.4 Å². The first kappa shape index (κ1) is 17.7. The molecule has 2 aliphatic carbocycles. The van der Waals surface area contributed by atoms with E-state index in [1.165, 1.54) is 11.3 Å². The summed E-state index contributed by atoms with van der Waals surface area (Å²) < 4.78 is 5.17. The second-order valence-corrected chi connectivity index (χ2v) is 7.31. The summed E-state index contributed by atoms with van der Waals surface area (Å²) in [6.45, 7) is 2.02. The number of hydrogen-bond acceptors (Lipinski definition) is 5. The number of aliphatic carboxylic acids is 1. The van der Waals surface area contributed by atoms with Crippen LogP contribution in [-0.2, 0) is 27.2 Å². The molecule has 0 spiro atoms. The number of rotatable bonds is 5. The summed E-state index contributed by atoms with van der Waals surface area (Å²) in [4.78, 5) is 37.4. The number of carbonyl (C=O) groups excluding carboxylic acids is 2. The van der Waals surface area contributed by atoms with Crippen LogP contribution < -0.4 is 5.32 Å². The van der Waals surface area contributed by atoms with Crippen LogP contribution in [0, 0.1) is 0 Å². The van der Waals surface area contributed by atoms with Crippen molar-refractivity contribution in [3.05, 3.63) is 27.2 Å². The average Bonchev–Trinajstić information content (AvgIpc) is 3.19. The molecule has 2 N–H and O–H groups in total. The molecule has 1 heterocycles. The van der Waals surface area contributed by atoms with Gasteiger partial charge in [0.15, 0.2) is 0 Å². The van der Waals surface area contributed by atoms with Crippen LogP contribution in [0.4, 0.5) is 5.00 Å². The smallest absolute Gasteiger partial charge is 0.341 e. The molecule has 7 heteroatoms. The minimum atomic E-state index is -1.04. The lowest BCUT2D eigenvalue weighted by Gasteiger charge is -2.12. The number of carboxylic acids is 1. The van der Waals surface area contributed by atoms with Crippen molar-refractivity contribution in [3.63, 3.8) is 0 Å². The SMILES string of the molecule is CCOC(=O)c1c(NC(=O)C2=C(C(=O)O)CCC2)sc2c1CCCC2. The molecule has 0 bridgehead atoms. The highest BCUT2D eigenvalue weighted by Gasteiger charge is 2.30. The van der Waals surface area contributed by atoms with Gasteiger partial charge in [-0.2, -0.15) is 0 Å². The van der Waals surface area contributed by atoms with Gasteiger partial charge < -0.3 is 15.2 Å². The fraction of sp³-hybridized carbons (Fsp3) is 0.500. The number of esters is 1. The molecule has 2 aliphatic rings. The normalized spacial score (nSPS) is 16.5. The van der Waals surface area contributed by atoms with E-state index in [-0.39, 0.29) is 12.2 Å². The largest absolute Gasteiger partial charge is 0.478 e. The van der Waals surface area contributed by atoms with Crippen molar-refractivity contribution >= 4 is 34.2 Å². The van der Waals surface area contributed by atoms with Gasteiger partial charge in [0.05, 0.1) is 12.2 Å². The van der Waals surface area contributed by atoms with E-state index in [0.717, 1.165) is 36.1 Å². The number of aryl methyl sites for hydroxylation is 1. The lowest BCUT2D eigenvalue weighted by Crippen LogP contribution is -2.18. The number of nitrogens with one attached hydrogen (secondary N) is 1. The van der Waals surface area contributed by atoms with Gasteiger partial charge in [0.1, 0.15) is 5.00 Å². The van der Waals surface area contributed by atoms with E-state index >= 15 is 0 Å². The van der Waals surface area contributed by atoms with Gasteiger partial charge in [0, 0.05) is 16.0 Å². The second kappa shape index (κ2) is 7.39. The van der Waals surface area contributed by atoms with Crippen molar-refractivity contribution in [2.45, 2.75) is 51.9 Å². The molecule has 0 unspecified atom stereocenters. The van der Waals surface area contributed by atoms with Gasteiger partial charge in [-0.15, -0.1) is 11.3 Å². The van der Waals surface area contributed by atoms with Crippen LogP contribution in [0.15, 0.2) is 11.1 Å². The molecule has 1 aromatic rings. The number of ether oxygens (including phenoxy) is 1. The van der Waals surface area contributed by atoms with Crippen molar-refractivity contribution in [2.75, 3.05) is 11.9 Å². The molecule has 0 atom stereocenters. The number of anilines is 1. The van der Waals surface area contributed by atoms with Crippen molar-refractivity contribution in [1.29, 1.82) is 0 Å². The van der Waals surface area contributed by atoms with Crippen LogP contribution in [0.5, 0.6) is 0 Å². The predicted octanol–water partition coefficient (Wildman–Crippen LogP) is 3.31. The molecule has 0 aromatic carbocycles. The van der Waals surface area contributed by atoms with Gasteiger partial charge >= 0.3 is 11.9 Å². The Morgan fingerprint density at radius 1 is 1.08 bits per heavy atom. The molecule has 1 amide bonds. The molecular formula is C18H21NO5S. The quantitative estimate of drug-likeness (QED) is 0.783. The first-order valence-electron chi connectivity index (χ1n) is 8.61. The van der Waals surface area contributed by atoms with Crippen molar-refractivity contribution < 1.29 is 24.2 Å². The Labute approximate surface area is 149 Å². The zero-order chi connectivity index (χ0) is 18.0. The Morgan fingerprint density at radius 2 is 1.80 bits per heavy atom. The fourth-order valence-corrected chi connectivity index (χ4v) is 4.75. The molecule has 0 saturated heterocycles. The minimum absolute atomic E-state index is 0.177. The summed E-state index contributed by atoms with van der Waals surface area (Å²) in [7, 11) is 0. The summed E-state index contributed by atoms with van der Waals surface area (Å²) in [5.41, 5.74) is 1.92. The van der Waals surface area contributed by atoms with Crippen molar-refractivity contribution in [1.82, 2.24) is 0 Å². The summed E-state index contributed by atoms with van der Waals surface area (Å²) >= 11 is 1.41. The molecule has 0 aliphatic heterocycles. The third kappa shape index (κ3) is 3.46. The predicted molar refractivity (Wildman–Crippen MR) is 94.1 cm³/mol. The Balaban J connectivity index is 1.93. The Morgan fingerprint density at radius 3 is 2.52 bits per heavy atom. The lowest BCUT2D eigenvalue weighted by molar-refractivity contribution is -0.133. The van der Waals surface area contributed by atoms with E-state index < -0.39 is 17.8 Å². The van der Waals surface area contributed by atoms with E-state index in [9.17, 15) is 19.5 Å². The van der Waals surface area contributed by atoms with Crippen LogP contribution >= 0.6 is 11.3 Å². The number of carboxylic acid groups (broad SMARTS) is 1. The molecule has 134 valence electrons. The maximum Gasteiger partial charge on any atom is 0.341 e. The summed E-state index contributed by atoms with van der Waals surface area (Å²) in [5, 5.41) is 12.5. The second-order valence-electron chi connectivity index (χ2n) is 6.21. The molecule has 3 rings (SSSR count). The number of hydrogen-bond donors (Lipinski definition) is 2. The highest BCUT2D eigenvalue weighted by molar-refractivity contribution is 7.17. The maximum atomic E-state index is 12.6. The Kier molecular flexibility index (Phi) is 5.22. The van der Waals surface area contributed by atoms with Gasteiger partial charge in [-0.1, -0.05) is 0 Å². The third-order valence-corrected chi connectivity index (χ3v) is 5.84. The highest BCUT2D eigenvalue weighted by Crippen LogP contribution is 2.39. The van der Waals surface area contributed by atoms with Gasteiger partial charge in [-0.25, -0.2) is 9.59 Å². The number of amides is 1. The van der Waals surface area contributed by atoms with Crippen molar-refractivity contribution in [2.24, 2.45) is 0 Å². The zero-order valence-electron chi connectivity index (χ0n) is 14.1. The summed E-state index contributed by atoms with van der Waals surface area (Å²) in [5.74, 6) is -1.88. The van der Waals surface area contributed by atoms with E-state index in [1.54, 1.807) is 6.92 Å². The van der Waals surface area contributed by atoms with Gasteiger partial charge in [-0.3, -0.25) is 4.79 Å². The first-order chi connectivity index (χ1) is 12.0. The first-order valence-corrected chi connectivity index (χ1v) is 9.42. The monoisotopic (exact) mass is 363 g/mol. The fourth-order valence-electron chi connectivity index (χ4n) is 3.48. The number of thiophene rings is 1. The standard InChI is InChI=1S/C18H21NO5S/c1-2-24-18(23)14-12-6-3-4-9-13(12)25-16(14)19-15(20)10-7-5-8-11(10)17(21)22/h2-9H2,1H3,(H,19,20)(H,21,22). The topological polar surface area (TPSA) is 92.7 Å². The van der Waals surface area contributed by atoms with Gasteiger partial charge in [0.25, 0.3) is 5.91 Å². The van der Waals surface area contributed by atoms with Crippen LogP contribution in [-0.4, -0.2) is 29.6 Å². The number of carbonyl (C=O) groups is 3. The molecule has 25 heavy (non-hydrogen) atoms. The lowest BCUT2D eigenvalue weighted by atomic mass is 9.95. The average molecular weight is 363 g/mol. The summed E-state index contributed by atoms with van der Waals surface area (Å²) in [6, 6.07) is 0. The van der Waals surface area contributed by atoms with Crippen LogP contribution in [0.3, 0.4) is 0 Å². The van der Waals surface area contributed by atoms with E-state index in [1.807, 2.05) is 0 Å². The van der Waals surface area contributed by atoms with E-state index in [0.29, 0.717) is 35.4 Å². The molecule has 0 saturated carbocycles. The minimum Gasteiger partial charge on any atom is -0.478 e. The third-order valence-electron chi connectivity index (χ3n) is 4.63. The van der Waals surface area contributed by atoms with E-state index in [4.69, 9.17) is 4.74 Å². The van der Waals surface area contributed by atoms with Crippen molar-refractivity contribution in [3.8, 4) is 0 Å². The Hall–Kier alpha value is -2.15. The zero-order valence-corrected chi connectivity index (χ0v) is 15.0. The van der Waals surface area contributed by atoms with Crippen LogP contribution in [0.1, 0.15) is 59.8 Å². The van der Waals surface area contributed by atoms with E-state index in [2.05, 4.69) is 5.32 Å². The molecule has 1 aromatic heterocycles. The van der Waals surface area contributed by atoms with Crippen LogP contribution in [0.2, 0.25) is 0 Å². The summed E-state index contributed by atoms with van der Waals surface area (Å²) in [6.07, 6.45) is 5.30. The van der Waals surface area contributed by atoms with Crippen LogP contribution in [0.25, 0.3) is 0 Å².